The number of halogens is 1. The highest BCUT2D eigenvalue weighted by Gasteiger charge is 2.22. The minimum absolute atomic E-state index is 0.635. The van der Waals surface area contributed by atoms with Gasteiger partial charge in [0.05, 0.1) is 17.7 Å². The zero-order valence-corrected chi connectivity index (χ0v) is 21.5. The van der Waals surface area contributed by atoms with Crippen LogP contribution in [0, 0.1) is 26.7 Å². The molecule has 0 aliphatic carbocycles. The summed E-state index contributed by atoms with van der Waals surface area (Å²) in [7, 11) is 0. The molecule has 1 fully saturated rings. The standard InChI is InChI=1S/C27H30BrN5O/c1-18-4-5-22(27-19(2)31-34-20(27)3)14-26(18)33(16-21-8-10-29-11-9-21)23-6-7-25(24(28)15-23)32-13-12-30-17-32/h4-7,12-15,17,21,29H,8-11,16H2,1-3H3. The van der Waals surface area contributed by atoms with Crippen molar-refractivity contribution in [3.8, 4) is 16.8 Å². The van der Waals surface area contributed by atoms with E-state index in [0.29, 0.717) is 5.92 Å². The van der Waals surface area contributed by atoms with Crippen molar-refractivity contribution in [2.75, 3.05) is 24.5 Å². The Kier molecular flexibility index (Phi) is 6.57. The number of piperidine rings is 1. The molecule has 34 heavy (non-hydrogen) atoms. The van der Waals surface area contributed by atoms with Crippen LogP contribution in [0.4, 0.5) is 11.4 Å². The van der Waals surface area contributed by atoms with Gasteiger partial charge in [-0.2, -0.15) is 0 Å². The van der Waals surface area contributed by atoms with Crippen LogP contribution in [0.1, 0.15) is 29.9 Å². The molecule has 4 aromatic rings. The summed E-state index contributed by atoms with van der Waals surface area (Å²) in [5.74, 6) is 1.49. The number of imidazole rings is 1. The lowest BCUT2D eigenvalue weighted by Gasteiger charge is -2.33. The third-order valence-electron chi connectivity index (χ3n) is 6.75. The maximum atomic E-state index is 5.47. The number of aryl methyl sites for hydroxylation is 3. The van der Waals surface area contributed by atoms with Crippen LogP contribution in [-0.4, -0.2) is 34.3 Å². The molecule has 5 rings (SSSR count). The summed E-state index contributed by atoms with van der Waals surface area (Å²) < 4.78 is 8.53. The van der Waals surface area contributed by atoms with Gasteiger partial charge < -0.3 is 19.3 Å². The SMILES string of the molecule is Cc1ccc(-c2c(C)noc2C)cc1N(CC1CCNCC1)c1ccc(-n2ccnc2)c(Br)c1. The molecule has 2 aromatic heterocycles. The monoisotopic (exact) mass is 519 g/mol. The second-order valence-corrected chi connectivity index (χ2v) is 9.96. The molecule has 176 valence electrons. The summed E-state index contributed by atoms with van der Waals surface area (Å²) in [5, 5.41) is 7.68. The smallest absolute Gasteiger partial charge is 0.141 e. The normalized spacial score (nSPS) is 14.5. The number of hydrogen-bond acceptors (Lipinski definition) is 5. The fourth-order valence-electron chi connectivity index (χ4n) is 4.89. The van der Waals surface area contributed by atoms with Crippen LogP contribution in [0.5, 0.6) is 0 Å². The molecule has 2 aromatic carbocycles. The molecule has 7 heteroatoms. The molecule has 1 aliphatic heterocycles. The number of benzene rings is 2. The molecule has 0 radical (unpaired) electrons. The average molecular weight is 520 g/mol. The molecule has 0 bridgehead atoms. The Hall–Kier alpha value is -2.90. The van der Waals surface area contributed by atoms with E-state index >= 15 is 0 Å². The minimum Gasteiger partial charge on any atom is -0.361 e. The van der Waals surface area contributed by atoms with Gasteiger partial charge in [0.15, 0.2) is 0 Å². The van der Waals surface area contributed by atoms with E-state index in [1.165, 1.54) is 29.8 Å². The van der Waals surface area contributed by atoms with Gasteiger partial charge in [0.1, 0.15) is 5.76 Å². The lowest BCUT2D eigenvalue weighted by Crippen LogP contribution is -2.34. The van der Waals surface area contributed by atoms with Crippen LogP contribution in [0.2, 0.25) is 0 Å². The predicted octanol–water partition coefficient (Wildman–Crippen LogP) is 6.35. The maximum absolute atomic E-state index is 5.47. The van der Waals surface area contributed by atoms with Gasteiger partial charge in [-0.1, -0.05) is 17.3 Å². The average Bonchev–Trinajstić information content (AvgIpc) is 3.49. The van der Waals surface area contributed by atoms with Crippen molar-refractivity contribution in [3.63, 3.8) is 0 Å². The van der Waals surface area contributed by atoms with Crippen molar-refractivity contribution < 1.29 is 4.52 Å². The Bertz CT molecular complexity index is 1250. The van der Waals surface area contributed by atoms with Crippen LogP contribution in [0.3, 0.4) is 0 Å². The van der Waals surface area contributed by atoms with Gasteiger partial charge in [0, 0.05) is 40.3 Å². The quantitative estimate of drug-likeness (QED) is 0.321. The van der Waals surface area contributed by atoms with Crippen LogP contribution in [0.25, 0.3) is 16.8 Å². The number of rotatable bonds is 6. The number of hydrogen-bond donors (Lipinski definition) is 1. The van der Waals surface area contributed by atoms with Gasteiger partial charge in [-0.3, -0.25) is 0 Å². The first-order valence-electron chi connectivity index (χ1n) is 11.8. The largest absolute Gasteiger partial charge is 0.361 e. The molecular formula is C27H30BrN5O. The van der Waals surface area contributed by atoms with Crippen LogP contribution in [0.15, 0.2) is 64.1 Å². The zero-order valence-electron chi connectivity index (χ0n) is 19.9. The first-order chi connectivity index (χ1) is 16.5. The predicted molar refractivity (Wildman–Crippen MR) is 140 cm³/mol. The number of nitrogens with zero attached hydrogens (tertiary/aromatic N) is 4. The van der Waals surface area contributed by atoms with E-state index in [2.05, 4.69) is 79.6 Å². The van der Waals surface area contributed by atoms with Gasteiger partial charge in [0.2, 0.25) is 0 Å². The summed E-state index contributed by atoms with van der Waals surface area (Å²) in [4.78, 5) is 6.68. The van der Waals surface area contributed by atoms with Crippen LogP contribution < -0.4 is 10.2 Å². The van der Waals surface area contributed by atoms with E-state index in [9.17, 15) is 0 Å². The molecule has 0 saturated carbocycles. The number of anilines is 2. The van der Waals surface area contributed by atoms with Crippen molar-refractivity contribution in [2.45, 2.75) is 33.6 Å². The summed E-state index contributed by atoms with van der Waals surface area (Å²) in [6, 6.07) is 13.3. The lowest BCUT2D eigenvalue weighted by atomic mass is 9.95. The van der Waals surface area contributed by atoms with Gasteiger partial charge in [-0.25, -0.2) is 4.98 Å². The fourth-order valence-corrected chi connectivity index (χ4v) is 5.46. The highest BCUT2D eigenvalue weighted by atomic mass is 79.9. The number of nitrogens with one attached hydrogen (secondary N) is 1. The molecule has 1 N–H and O–H groups in total. The van der Waals surface area contributed by atoms with Crippen LogP contribution >= 0.6 is 15.9 Å². The molecule has 0 atom stereocenters. The molecule has 0 spiro atoms. The van der Waals surface area contributed by atoms with Crippen molar-refractivity contribution in [1.29, 1.82) is 0 Å². The molecule has 1 aliphatic rings. The van der Waals surface area contributed by atoms with Crippen molar-refractivity contribution in [2.24, 2.45) is 5.92 Å². The second kappa shape index (κ2) is 9.76. The van der Waals surface area contributed by atoms with Gasteiger partial charge in [-0.05, 0) is 104 Å². The lowest BCUT2D eigenvalue weighted by molar-refractivity contribution is 0.380. The van der Waals surface area contributed by atoms with Gasteiger partial charge in [-0.15, -0.1) is 0 Å². The molecular weight excluding hydrogens is 490 g/mol. The van der Waals surface area contributed by atoms with E-state index < -0.39 is 0 Å². The van der Waals surface area contributed by atoms with Crippen molar-refractivity contribution in [3.05, 3.63) is 76.6 Å². The Labute approximate surface area is 209 Å². The van der Waals surface area contributed by atoms with Crippen molar-refractivity contribution >= 4 is 27.3 Å². The maximum Gasteiger partial charge on any atom is 0.141 e. The summed E-state index contributed by atoms with van der Waals surface area (Å²) in [5.41, 5.74) is 7.86. The highest BCUT2D eigenvalue weighted by Crippen LogP contribution is 2.38. The fraction of sp³-hybridized carbons (Fsp3) is 0.333. The Morgan fingerprint density at radius 2 is 1.94 bits per heavy atom. The molecule has 1 saturated heterocycles. The molecule has 3 heterocycles. The zero-order chi connectivity index (χ0) is 23.7. The van der Waals surface area contributed by atoms with Crippen molar-refractivity contribution in [1.82, 2.24) is 20.0 Å². The highest BCUT2D eigenvalue weighted by molar-refractivity contribution is 9.10. The van der Waals surface area contributed by atoms with E-state index in [4.69, 9.17) is 4.52 Å². The molecule has 0 amide bonds. The van der Waals surface area contributed by atoms with E-state index in [1.54, 1.807) is 6.20 Å². The van der Waals surface area contributed by atoms with Gasteiger partial charge in [0.25, 0.3) is 0 Å². The van der Waals surface area contributed by atoms with E-state index in [-0.39, 0.29) is 0 Å². The Morgan fingerprint density at radius 1 is 1.12 bits per heavy atom. The number of aromatic nitrogens is 3. The van der Waals surface area contributed by atoms with Gasteiger partial charge >= 0.3 is 0 Å². The summed E-state index contributed by atoms with van der Waals surface area (Å²) in [6.45, 7) is 9.32. The third-order valence-corrected chi connectivity index (χ3v) is 7.38. The van der Waals surface area contributed by atoms with E-state index in [0.717, 1.165) is 52.4 Å². The second-order valence-electron chi connectivity index (χ2n) is 9.11. The Morgan fingerprint density at radius 3 is 2.62 bits per heavy atom. The Balaban J connectivity index is 1.58. The minimum atomic E-state index is 0.635. The molecule has 6 nitrogen and oxygen atoms in total. The topological polar surface area (TPSA) is 59.1 Å². The van der Waals surface area contributed by atoms with Crippen LogP contribution in [-0.2, 0) is 0 Å². The first kappa shape index (κ1) is 22.9. The molecule has 0 unspecified atom stereocenters. The summed E-state index contributed by atoms with van der Waals surface area (Å²) in [6.07, 6.45) is 7.96. The van der Waals surface area contributed by atoms with E-state index in [1.807, 2.05) is 30.9 Å². The third kappa shape index (κ3) is 4.55. The first-order valence-corrected chi connectivity index (χ1v) is 12.6. The summed E-state index contributed by atoms with van der Waals surface area (Å²) >= 11 is 3.81.